The van der Waals surface area contributed by atoms with Crippen molar-refractivity contribution >= 4 is 0 Å². The molecule has 4 aliphatic rings. The van der Waals surface area contributed by atoms with Gasteiger partial charge in [0.2, 0.25) is 0 Å². The van der Waals surface area contributed by atoms with Crippen LogP contribution in [0.3, 0.4) is 0 Å². The molecule has 4 rings (SSSR count). The van der Waals surface area contributed by atoms with Gasteiger partial charge in [-0.3, -0.25) is 5.32 Å². The predicted octanol–water partition coefficient (Wildman–Crippen LogP) is -0.949. The fraction of sp³-hybridized carbons (Fsp3) is 1.00. The molecule has 0 spiro atoms. The Bertz CT molecular complexity index is 470. The van der Waals surface area contributed by atoms with Crippen molar-refractivity contribution in [3.05, 3.63) is 0 Å². The van der Waals surface area contributed by atoms with Crippen LogP contribution in [0, 0.1) is 0 Å². The Kier molecular flexibility index (Phi) is 4.38. The summed E-state index contributed by atoms with van der Waals surface area (Å²) in [5.41, 5.74) is 0. The van der Waals surface area contributed by atoms with E-state index < -0.39 is 36.2 Å². The van der Waals surface area contributed by atoms with Crippen LogP contribution in [0.5, 0.6) is 0 Å². The third-order valence-corrected chi connectivity index (χ3v) is 4.99. The number of nitrogens with one attached hydrogen (secondary N) is 1. The van der Waals surface area contributed by atoms with E-state index >= 15 is 0 Å². The summed E-state index contributed by atoms with van der Waals surface area (Å²) in [6.45, 7) is 6.99. The van der Waals surface area contributed by atoms with Crippen molar-refractivity contribution < 1.29 is 38.6 Å². The molecular weight excluding hydrogens is 334 g/mol. The predicted molar refractivity (Wildman–Crippen MR) is 82.3 cm³/mol. The van der Waals surface area contributed by atoms with E-state index in [4.69, 9.17) is 28.4 Å². The van der Waals surface area contributed by atoms with Crippen molar-refractivity contribution in [2.45, 2.75) is 88.3 Å². The van der Waals surface area contributed by atoms with Gasteiger partial charge in [-0.2, -0.15) is 0 Å². The van der Waals surface area contributed by atoms with Crippen LogP contribution in [0.25, 0.3) is 0 Å². The number of hydrogen-bond acceptors (Lipinski definition) is 9. The minimum absolute atomic E-state index is 0.164. The van der Waals surface area contributed by atoms with Crippen LogP contribution in [0.4, 0.5) is 0 Å². The lowest BCUT2D eigenvalue weighted by atomic mass is 10.1. The Hall–Kier alpha value is -0.360. The third-order valence-electron chi connectivity index (χ3n) is 4.99. The molecule has 4 fully saturated rings. The Balaban J connectivity index is 1.48. The second-order valence-corrected chi connectivity index (χ2v) is 7.85. The van der Waals surface area contributed by atoms with Crippen molar-refractivity contribution in [1.29, 1.82) is 0 Å². The van der Waals surface area contributed by atoms with Crippen LogP contribution in [-0.4, -0.2) is 84.1 Å². The molecule has 144 valence electrons. The minimum atomic E-state index is -0.742. The maximum absolute atomic E-state index is 9.56. The van der Waals surface area contributed by atoms with Crippen LogP contribution in [-0.2, 0) is 28.4 Å². The second-order valence-electron chi connectivity index (χ2n) is 7.85. The Morgan fingerprint density at radius 3 is 1.40 bits per heavy atom. The van der Waals surface area contributed by atoms with Gasteiger partial charge in [-0.1, -0.05) is 0 Å². The minimum Gasteiger partial charge on any atom is -0.394 e. The second kappa shape index (κ2) is 6.08. The molecule has 0 amide bonds. The molecule has 4 aliphatic heterocycles. The lowest BCUT2D eigenvalue weighted by Gasteiger charge is -2.28. The maximum atomic E-state index is 9.56. The SMILES string of the molecule is CC1(C)O[C@@H]2[C@H](O1)[C@H](N[C@H]1O[C@@H](CO)[C@@H]3OC(C)(C)O[C@@H]31)O[C@@H]2CO. The van der Waals surface area contributed by atoms with E-state index in [0.717, 1.165) is 0 Å². The summed E-state index contributed by atoms with van der Waals surface area (Å²) in [4.78, 5) is 0. The summed E-state index contributed by atoms with van der Waals surface area (Å²) < 4.78 is 35.3. The lowest BCUT2D eigenvalue weighted by molar-refractivity contribution is -0.212. The third kappa shape index (κ3) is 3.11. The molecule has 8 atom stereocenters. The van der Waals surface area contributed by atoms with Crippen LogP contribution in [0.15, 0.2) is 0 Å². The normalized spacial score (nSPS) is 50.2. The molecule has 9 nitrogen and oxygen atoms in total. The first kappa shape index (κ1) is 18.0. The molecule has 4 saturated heterocycles. The average Bonchev–Trinajstić information content (AvgIpc) is 3.18. The molecule has 25 heavy (non-hydrogen) atoms. The van der Waals surface area contributed by atoms with Gasteiger partial charge in [0, 0.05) is 0 Å². The molecule has 0 saturated carbocycles. The van der Waals surface area contributed by atoms with Gasteiger partial charge in [0.05, 0.1) is 13.2 Å². The molecule has 0 aliphatic carbocycles. The van der Waals surface area contributed by atoms with E-state index in [9.17, 15) is 10.2 Å². The average molecular weight is 361 g/mol. The zero-order valence-corrected chi connectivity index (χ0v) is 14.9. The van der Waals surface area contributed by atoms with E-state index in [1.165, 1.54) is 0 Å². The molecule has 9 heteroatoms. The van der Waals surface area contributed by atoms with E-state index in [1.807, 2.05) is 27.7 Å². The van der Waals surface area contributed by atoms with E-state index in [2.05, 4.69) is 5.32 Å². The number of ether oxygens (including phenoxy) is 6. The molecule has 0 aromatic carbocycles. The highest BCUT2D eigenvalue weighted by Gasteiger charge is 2.59. The highest BCUT2D eigenvalue weighted by Crippen LogP contribution is 2.41. The number of aliphatic hydroxyl groups excluding tert-OH is 2. The molecule has 0 radical (unpaired) electrons. The van der Waals surface area contributed by atoms with E-state index in [1.54, 1.807) is 0 Å². The van der Waals surface area contributed by atoms with Gasteiger partial charge in [0.15, 0.2) is 11.6 Å². The number of aliphatic hydroxyl groups is 2. The smallest absolute Gasteiger partial charge is 0.164 e. The maximum Gasteiger partial charge on any atom is 0.164 e. The molecule has 4 heterocycles. The number of fused-ring (bicyclic) bond motifs is 2. The van der Waals surface area contributed by atoms with Gasteiger partial charge < -0.3 is 38.6 Å². The summed E-state index contributed by atoms with van der Waals surface area (Å²) in [6, 6.07) is 0. The molecule has 0 bridgehead atoms. The molecule has 0 aromatic rings. The van der Waals surface area contributed by atoms with Gasteiger partial charge in [0.1, 0.15) is 49.1 Å². The van der Waals surface area contributed by atoms with Gasteiger partial charge in [-0.25, -0.2) is 0 Å². The van der Waals surface area contributed by atoms with Gasteiger partial charge >= 0.3 is 0 Å². The van der Waals surface area contributed by atoms with Crippen molar-refractivity contribution in [3.63, 3.8) is 0 Å². The monoisotopic (exact) mass is 361 g/mol. The molecule has 0 unspecified atom stereocenters. The van der Waals surface area contributed by atoms with E-state index in [0.29, 0.717) is 0 Å². The van der Waals surface area contributed by atoms with Crippen molar-refractivity contribution in [3.8, 4) is 0 Å². The Morgan fingerprint density at radius 1 is 0.680 bits per heavy atom. The fourth-order valence-electron chi connectivity index (χ4n) is 4.09. The molecule has 0 aromatic heterocycles. The van der Waals surface area contributed by atoms with Crippen LogP contribution in [0.1, 0.15) is 27.7 Å². The summed E-state index contributed by atoms with van der Waals surface area (Å²) in [5.74, 6) is -1.48. The summed E-state index contributed by atoms with van der Waals surface area (Å²) in [5, 5.41) is 22.4. The molecule has 3 N–H and O–H groups in total. The fourth-order valence-corrected chi connectivity index (χ4v) is 4.09. The first-order valence-electron chi connectivity index (χ1n) is 8.73. The van der Waals surface area contributed by atoms with Crippen molar-refractivity contribution in [1.82, 2.24) is 5.32 Å². The van der Waals surface area contributed by atoms with Crippen molar-refractivity contribution in [2.24, 2.45) is 0 Å². The van der Waals surface area contributed by atoms with Crippen LogP contribution < -0.4 is 5.32 Å². The van der Waals surface area contributed by atoms with Gasteiger partial charge in [0.25, 0.3) is 0 Å². The van der Waals surface area contributed by atoms with Crippen LogP contribution >= 0.6 is 0 Å². The summed E-state index contributed by atoms with van der Waals surface area (Å²) in [7, 11) is 0. The Labute approximate surface area is 146 Å². The highest BCUT2D eigenvalue weighted by molar-refractivity contribution is 5.01. The highest BCUT2D eigenvalue weighted by atomic mass is 16.8. The van der Waals surface area contributed by atoms with Gasteiger partial charge in [-0.05, 0) is 27.7 Å². The number of hydrogen-bond donors (Lipinski definition) is 3. The largest absolute Gasteiger partial charge is 0.394 e. The standard InChI is InChI=1S/C16H27NO8/c1-15(2)22-9-7(5-18)20-13(11(9)24-15)17-14-12-10(8(6-19)21-14)23-16(3,4)25-12/h7-14,17-19H,5-6H2,1-4H3/t7-,8+,9-,10-,11-,12-,13-,14+/m0/s1. The van der Waals surface area contributed by atoms with Crippen molar-refractivity contribution in [2.75, 3.05) is 13.2 Å². The first-order valence-corrected chi connectivity index (χ1v) is 8.73. The lowest BCUT2D eigenvalue weighted by Crippen LogP contribution is -2.50. The van der Waals surface area contributed by atoms with Crippen LogP contribution in [0.2, 0.25) is 0 Å². The van der Waals surface area contributed by atoms with Gasteiger partial charge in [-0.15, -0.1) is 0 Å². The topological polar surface area (TPSA) is 108 Å². The molecular formula is C16H27NO8. The zero-order chi connectivity index (χ0) is 18.0. The zero-order valence-electron chi connectivity index (χ0n) is 14.9. The van der Waals surface area contributed by atoms with E-state index in [-0.39, 0.29) is 37.6 Å². The summed E-state index contributed by atoms with van der Waals surface area (Å²) >= 11 is 0. The Morgan fingerprint density at radius 2 is 1.04 bits per heavy atom. The number of rotatable bonds is 4. The quantitative estimate of drug-likeness (QED) is 0.584. The first-order chi connectivity index (χ1) is 11.7. The summed E-state index contributed by atoms with van der Waals surface area (Å²) in [6.07, 6.45) is -3.49.